The first kappa shape index (κ1) is 14.7. The van der Waals surface area contributed by atoms with Gasteiger partial charge in [0.1, 0.15) is 23.9 Å². The average molecular weight is 273 g/mol. The van der Waals surface area contributed by atoms with Gasteiger partial charge in [-0.3, -0.25) is 0 Å². The van der Waals surface area contributed by atoms with E-state index in [1.54, 1.807) is 0 Å². The first-order chi connectivity index (χ1) is 9.60. The molecule has 0 aliphatic carbocycles. The molecule has 3 heteroatoms. The Morgan fingerprint density at radius 2 is 1.90 bits per heavy atom. The zero-order chi connectivity index (χ0) is 14.5. The van der Waals surface area contributed by atoms with Crippen molar-refractivity contribution in [2.75, 3.05) is 6.54 Å². The molecule has 0 atom stereocenters. The molecule has 108 valence electrons. The van der Waals surface area contributed by atoms with Gasteiger partial charge in [-0.05, 0) is 56.1 Å². The van der Waals surface area contributed by atoms with Gasteiger partial charge in [-0.1, -0.05) is 19.1 Å². The number of rotatable bonds is 6. The van der Waals surface area contributed by atoms with Gasteiger partial charge in [0.05, 0.1) is 6.54 Å². The van der Waals surface area contributed by atoms with Crippen LogP contribution in [0.15, 0.2) is 28.7 Å². The number of benzene rings is 1. The zero-order valence-corrected chi connectivity index (χ0v) is 12.7. The van der Waals surface area contributed by atoms with Crippen LogP contribution in [-0.4, -0.2) is 6.54 Å². The average Bonchev–Trinajstić information content (AvgIpc) is 2.78. The van der Waals surface area contributed by atoms with Crippen molar-refractivity contribution in [3.63, 3.8) is 0 Å². The highest BCUT2D eigenvalue weighted by atomic mass is 16.5. The van der Waals surface area contributed by atoms with E-state index in [1.807, 2.05) is 0 Å². The van der Waals surface area contributed by atoms with Crippen molar-refractivity contribution < 1.29 is 9.15 Å². The number of hydrogen-bond acceptors (Lipinski definition) is 3. The Bertz CT molecular complexity index is 572. The first-order valence-electron chi connectivity index (χ1n) is 7.09. The van der Waals surface area contributed by atoms with E-state index in [0.29, 0.717) is 6.61 Å². The van der Waals surface area contributed by atoms with Crippen molar-refractivity contribution in [3.8, 4) is 5.75 Å². The van der Waals surface area contributed by atoms with Crippen LogP contribution in [0.3, 0.4) is 0 Å². The summed E-state index contributed by atoms with van der Waals surface area (Å²) in [6.07, 6.45) is 0. The SMILES string of the molecule is CCNCc1oc(COc2cc(C)ccc2C)cc1C. The van der Waals surface area contributed by atoms with Gasteiger partial charge < -0.3 is 14.5 Å². The fourth-order valence-electron chi connectivity index (χ4n) is 2.09. The summed E-state index contributed by atoms with van der Waals surface area (Å²) in [6, 6.07) is 8.28. The Kier molecular flexibility index (Phi) is 4.85. The van der Waals surface area contributed by atoms with Crippen molar-refractivity contribution in [2.24, 2.45) is 0 Å². The summed E-state index contributed by atoms with van der Waals surface area (Å²) in [5.41, 5.74) is 3.52. The van der Waals surface area contributed by atoms with Crippen molar-refractivity contribution in [3.05, 3.63) is 52.5 Å². The van der Waals surface area contributed by atoms with Crippen molar-refractivity contribution >= 4 is 0 Å². The van der Waals surface area contributed by atoms with E-state index in [4.69, 9.17) is 9.15 Å². The number of furan rings is 1. The molecule has 0 aliphatic heterocycles. The molecule has 0 fully saturated rings. The first-order valence-corrected chi connectivity index (χ1v) is 7.09. The molecule has 0 saturated heterocycles. The largest absolute Gasteiger partial charge is 0.485 e. The molecule has 3 nitrogen and oxygen atoms in total. The predicted octanol–water partition coefficient (Wildman–Crippen LogP) is 3.89. The second kappa shape index (κ2) is 6.62. The monoisotopic (exact) mass is 273 g/mol. The van der Waals surface area contributed by atoms with Crippen LogP contribution >= 0.6 is 0 Å². The van der Waals surface area contributed by atoms with Crippen LogP contribution in [0.5, 0.6) is 5.75 Å². The van der Waals surface area contributed by atoms with Gasteiger partial charge in [0.2, 0.25) is 0 Å². The molecule has 0 unspecified atom stereocenters. The van der Waals surface area contributed by atoms with Gasteiger partial charge in [-0.2, -0.15) is 0 Å². The van der Waals surface area contributed by atoms with Crippen LogP contribution in [0.25, 0.3) is 0 Å². The van der Waals surface area contributed by atoms with Crippen LogP contribution in [0.1, 0.15) is 35.1 Å². The molecule has 0 spiro atoms. The molecule has 1 aromatic heterocycles. The maximum atomic E-state index is 5.86. The van der Waals surface area contributed by atoms with E-state index in [1.165, 1.54) is 11.1 Å². The Morgan fingerprint density at radius 1 is 1.10 bits per heavy atom. The Morgan fingerprint density at radius 3 is 2.65 bits per heavy atom. The summed E-state index contributed by atoms with van der Waals surface area (Å²) in [6.45, 7) is 10.5. The van der Waals surface area contributed by atoms with Gasteiger partial charge in [-0.15, -0.1) is 0 Å². The molecule has 2 aromatic rings. The normalized spacial score (nSPS) is 10.8. The summed E-state index contributed by atoms with van der Waals surface area (Å²) in [5, 5.41) is 3.27. The van der Waals surface area contributed by atoms with Crippen molar-refractivity contribution in [2.45, 2.75) is 40.8 Å². The third-order valence-corrected chi connectivity index (χ3v) is 3.32. The third kappa shape index (κ3) is 3.64. The molecule has 2 rings (SSSR count). The van der Waals surface area contributed by atoms with Crippen LogP contribution in [-0.2, 0) is 13.2 Å². The summed E-state index contributed by atoms with van der Waals surface area (Å²) in [7, 11) is 0. The van der Waals surface area contributed by atoms with E-state index in [2.05, 4.69) is 57.3 Å². The van der Waals surface area contributed by atoms with E-state index in [9.17, 15) is 0 Å². The van der Waals surface area contributed by atoms with E-state index >= 15 is 0 Å². The van der Waals surface area contributed by atoms with Crippen molar-refractivity contribution in [1.29, 1.82) is 0 Å². The van der Waals surface area contributed by atoms with Gasteiger partial charge >= 0.3 is 0 Å². The van der Waals surface area contributed by atoms with Crippen LogP contribution in [0, 0.1) is 20.8 Å². The van der Waals surface area contributed by atoms with Crippen LogP contribution < -0.4 is 10.1 Å². The topological polar surface area (TPSA) is 34.4 Å². The highest BCUT2D eigenvalue weighted by Gasteiger charge is 2.08. The third-order valence-electron chi connectivity index (χ3n) is 3.32. The lowest BCUT2D eigenvalue weighted by Gasteiger charge is -2.08. The minimum absolute atomic E-state index is 0.470. The highest BCUT2D eigenvalue weighted by Crippen LogP contribution is 2.22. The number of hydrogen-bond donors (Lipinski definition) is 1. The highest BCUT2D eigenvalue weighted by molar-refractivity contribution is 5.36. The summed E-state index contributed by atoms with van der Waals surface area (Å²) in [5.74, 6) is 2.79. The van der Waals surface area contributed by atoms with Gasteiger partial charge in [0, 0.05) is 0 Å². The van der Waals surface area contributed by atoms with Crippen LogP contribution in [0.4, 0.5) is 0 Å². The molecule has 0 radical (unpaired) electrons. The molecule has 1 aromatic carbocycles. The quantitative estimate of drug-likeness (QED) is 0.867. The molecule has 0 bridgehead atoms. The van der Waals surface area contributed by atoms with Gasteiger partial charge in [-0.25, -0.2) is 0 Å². The van der Waals surface area contributed by atoms with E-state index < -0.39 is 0 Å². The smallest absolute Gasteiger partial charge is 0.146 e. The lowest BCUT2D eigenvalue weighted by Crippen LogP contribution is -2.11. The lowest BCUT2D eigenvalue weighted by atomic mass is 10.1. The molecular weight excluding hydrogens is 250 g/mol. The van der Waals surface area contributed by atoms with E-state index in [0.717, 1.165) is 35.9 Å². The van der Waals surface area contributed by atoms with E-state index in [-0.39, 0.29) is 0 Å². The molecule has 1 N–H and O–H groups in total. The van der Waals surface area contributed by atoms with Crippen LogP contribution in [0.2, 0.25) is 0 Å². The maximum Gasteiger partial charge on any atom is 0.146 e. The minimum atomic E-state index is 0.470. The molecule has 20 heavy (non-hydrogen) atoms. The summed E-state index contributed by atoms with van der Waals surface area (Å²) < 4.78 is 11.7. The lowest BCUT2D eigenvalue weighted by molar-refractivity contribution is 0.263. The number of ether oxygens (including phenoxy) is 1. The number of nitrogens with one attached hydrogen (secondary N) is 1. The molecule has 0 aliphatic rings. The van der Waals surface area contributed by atoms with Gasteiger partial charge in [0.25, 0.3) is 0 Å². The minimum Gasteiger partial charge on any atom is -0.485 e. The van der Waals surface area contributed by atoms with Gasteiger partial charge in [0.15, 0.2) is 0 Å². The Balaban J connectivity index is 2.02. The zero-order valence-electron chi connectivity index (χ0n) is 12.7. The Labute approximate surface area is 121 Å². The second-order valence-corrected chi connectivity index (χ2v) is 5.16. The summed E-state index contributed by atoms with van der Waals surface area (Å²) >= 11 is 0. The fourth-order valence-corrected chi connectivity index (χ4v) is 2.09. The summed E-state index contributed by atoms with van der Waals surface area (Å²) in [4.78, 5) is 0. The molecule has 1 heterocycles. The fraction of sp³-hybridized carbons (Fsp3) is 0.412. The molecule has 0 amide bonds. The second-order valence-electron chi connectivity index (χ2n) is 5.16. The predicted molar refractivity (Wildman–Crippen MR) is 81.1 cm³/mol. The standard InChI is InChI=1S/C17H23NO2/c1-5-18-10-17-14(4)9-15(20-17)11-19-16-8-12(2)6-7-13(16)3/h6-9,18H,5,10-11H2,1-4H3. The van der Waals surface area contributed by atoms with Crippen molar-refractivity contribution in [1.82, 2.24) is 5.32 Å². The molecule has 0 saturated carbocycles. The maximum absolute atomic E-state index is 5.86. The Hall–Kier alpha value is -1.74. The molecular formula is C17H23NO2. The number of aryl methyl sites for hydroxylation is 3.